The van der Waals surface area contributed by atoms with Gasteiger partial charge >= 0.3 is 0 Å². The van der Waals surface area contributed by atoms with E-state index in [1.807, 2.05) is 18.2 Å². The van der Waals surface area contributed by atoms with Crippen LogP contribution >= 0.6 is 0 Å². The highest BCUT2D eigenvalue weighted by Crippen LogP contribution is 2.41. The van der Waals surface area contributed by atoms with Crippen LogP contribution in [0.1, 0.15) is 43.4 Å². The molecule has 1 aliphatic rings. The number of hydrogen-bond acceptors (Lipinski definition) is 2. The molecule has 1 fully saturated rings. The zero-order valence-corrected chi connectivity index (χ0v) is 13.2. The van der Waals surface area contributed by atoms with Crippen molar-refractivity contribution in [3.8, 4) is 0 Å². The molecule has 22 heavy (non-hydrogen) atoms. The third-order valence-corrected chi connectivity index (χ3v) is 4.55. The standard InChI is InChI=1S/C20H24O2/c1-2-20(16-21-15-17-9-5-3-6-10-17)14-13-19(22-20)18-11-7-4-8-12-18/h3-12,19H,2,13-16H2,1H3/t19-,20-/m0/s1. The van der Waals surface area contributed by atoms with Crippen molar-refractivity contribution in [1.29, 1.82) is 0 Å². The summed E-state index contributed by atoms with van der Waals surface area (Å²) in [4.78, 5) is 0. The van der Waals surface area contributed by atoms with Crippen LogP contribution in [-0.2, 0) is 16.1 Å². The first-order valence-electron chi connectivity index (χ1n) is 8.16. The molecule has 2 atom stereocenters. The minimum Gasteiger partial charge on any atom is -0.374 e. The second-order valence-corrected chi connectivity index (χ2v) is 6.07. The van der Waals surface area contributed by atoms with Crippen molar-refractivity contribution in [2.45, 2.75) is 44.5 Å². The van der Waals surface area contributed by atoms with E-state index in [0.29, 0.717) is 13.2 Å². The quantitative estimate of drug-likeness (QED) is 0.754. The van der Waals surface area contributed by atoms with Gasteiger partial charge < -0.3 is 9.47 Å². The Morgan fingerprint density at radius 3 is 2.41 bits per heavy atom. The lowest BCUT2D eigenvalue weighted by Gasteiger charge is -2.28. The number of benzene rings is 2. The van der Waals surface area contributed by atoms with E-state index < -0.39 is 0 Å². The molecule has 0 spiro atoms. The maximum Gasteiger partial charge on any atom is 0.0921 e. The summed E-state index contributed by atoms with van der Waals surface area (Å²) in [6, 6.07) is 20.8. The number of hydrogen-bond donors (Lipinski definition) is 0. The summed E-state index contributed by atoms with van der Waals surface area (Å²) in [5.41, 5.74) is 2.36. The van der Waals surface area contributed by atoms with E-state index in [1.54, 1.807) is 0 Å². The van der Waals surface area contributed by atoms with Crippen LogP contribution in [0.4, 0.5) is 0 Å². The van der Waals surface area contributed by atoms with Crippen molar-refractivity contribution in [2.75, 3.05) is 6.61 Å². The molecule has 2 nitrogen and oxygen atoms in total. The van der Waals surface area contributed by atoms with Gasteiger partial charge in [-0.25, -0.2) is 0 Å². The Kier molecular flexibility index (Phi) is 4.91. The summed E-state index contributed by atoms with van der Waals surface area (Å²) < 4.78 is 12.4. The van der Waals surface area contributed by atoms with E-state index in [-0.39, 0.29) is 11.7 Å². The van der Waals surface area contributed by atoms with Gasteiger partial charge in [-0.05, 0) is 30.4 Å². The lowest BCUT2D eigenvalue weighted by atomic mass is 9.97. The molecule has 0 unspecified atom stereocenters. The zero-order valence-electron chi connectivity index (χ0n) is 13.2. The lowest BCUT2D eigenvalue weighted by Crippen LogP contribution is -2.33. The van der Waals surface area contributed by atoms with E-state index >= 15 is 0 Å². The van der Waals surface area contributed by atoms with Gasteiger partial charge in [-0.1, -0.05) is 67.6 Å². The van der Waals surface area contributed by atoms with Crippen LogP contribution in [0.15, 0.2) is 60.7 Å². The molecule has 0 aromatic heterocycles. The Morgan fingerprint density at radius 1 is 1.05 bits per heavy atom. The Balaban J connectivity index is 1.57. The summed E-state index contributed by atoms with van der Waals surface area (Å²) in [7, 11) is 0. The Hall–Kier alpha value is -1.64. The van der Waals surface area contributed by atoms with Gasteiger partial charge in [0.05, 0.1) is 24.9 Å². The predicted octanol–water partition coefficient (Wildman–Crippen LogP) is 4.90. The van der Waals surface area contributed by atoms with E-state index in [9.17, 15) is 0 Å². The molecule has 0 N–H and O–H groups in total. The molecule has 0 radical (unpaired) electrons. The molecule has 3 rings (SSSR count). The van der Waals surface area contributed by atoms with Crippen molar-refractivity contribution in [1.82, 2.24) is 0 Å². The molecular formula is C20H24O2. The van der Waals surface area contributed by atoms with Crippen LogP contribution in [0.5, 0.6) is 0 Å². The van der Waals surface area contributed by atoms with Crippen LogP contribution in [-0.4, -0.2) is 12.2 Å². The van der Waals surface area contributed by atoms with Gasteiger partial charge in [0.1, 0.15) is 0 Å². The highest BCUT2D eigenvalue weighted by Gasteiger charge is 2.39. The summed E-state index contributed by atoms with van der Waals surface area (Å²) in [5, 5.41) is 0. The van der Waals surface area contributed by atoms with Crippen LogP contribution in [0.2, 0.25) is 0 Å². The minimum absolute atomic E-state index is 0.130. The van der Waals surface area contributed by atoms with E-state index in [0.717, 1.165) is 19.3 Å². The lowest BCUT2D eigenvalue weighted by molar-refractivity contribution is -0.0979. The van der Waals surface area contributed by atoms with Crippen LogP contribution in [0.25, 0.3) is 0 Å². The van der Waals surface area contributed by atoms with E-state index in [1.165, 1.54) is 11.1 Å². The van der Waals surface area contributed by atoms with Crippen molar-refractivity contribution in [3.05, 3.63) is 71.8 Å². The number of ether oxygens (including phenoxy) is 2. The molecule has 0 amide bonds. The molecule has 0 bridgehead atoms. The fourth-order valence-electron chi connectivity index (χ4n) is 3.11. The molecule has 0 saturated carbocycles. The predicted molar refractivity (Wildman–Crippen MR) is 88.6 cm³/mol. The molecule has 1 saturated heterocycles. The molecule has 2 heteroatoms. The molecule has 116 valence electrons. The molecule has 0 aliphatic carbocycles. The van der Waals surface area contributed by atoms with E-state index in [4.69, 9.17) is 9.47 Å². The topological polar surface area (TPSA) is 18.5 Å². The smallest absolute Gasteiger partial charge is 0.0921 e. The Labute approximate surface area is 133 Å². The third kappa shape index (κ3) is 3.57. The minimum atomic E-state index is -0.130. The van der Waals surface area contributed by atoms with Gasteiger partial charge in [0.15, 0.2) is 0 Å². The van der Waals surface area contributed by atoms with Crippen molar-refractivity contribution in [3.63, 3.8) is 0 Å². The van der Waals surface area contributed by atoms with E-state index in [2.05, 4.69) is 49.4 Å². The SMILES string of the molecule is CC[C@@]1(COCc2ccccc2)CC[C@@H](c2ccccc2)O1. The van der Waals surface area contributed by atoms with Gasteiger partial charge in [0, 0.05) is 0 Å². The maximum atomic E-state index is 6.40. The van der Waals surface area contributed by atoms with Gasteiger partial charge in [0.2, 0.25) is 0 Å². The first kappa shape index (κ1) is 15.3. The summed E-state index contributed by atoms with van der Waals surface area (Å²) in [6.45, 7) is 3.52. The Morgan fingerprint density at radius 2 is 1.73 bits per heavy atom. The molecule has 2 aromatic rings. The zero-order chi connectivity index (χ0) is 15.3. The molecular weight excluding hydrogens is 272 g/mol. The van der Waals surface area contributed by atoms with Crippen molar-refractivity contribution >= 4 is 0 Å². The molecule has 1 aliphatic heterocycles. The highest BCUT2D eigenvalue weighted by molar-refractivity contribution is 5.19. The monoisotopic (exact) mass is 296 g/mol. The molecule has 2 aromatic carbocycles. The fraction of sp³-hybridized carbons (Fsp3) is 0.400. The van der Waals surface area contributed by atoms with Gasteiger partial charge in [-0.15, -0.1) is 0 Å². The number of rotatable bonds is 6. The second-order valence-electron chi connectivity index (χ2n) is 6.07. The highest BCUT2D eigenvalue weighted by atomic mass is 16.6. The summed E-state index contributed by atoms with van der Waals surface area (Å²) in [6.07, 6.45) is 3.34. The maximum absolute atomic E-state index is 6.40. The fourth-order valence-corrected chi connectivity index (χ4v) is 3.11. The van der Waals surface area contributed by atoms with Gasteiger partial charge in [-0.2, -0.15) is 0 Å². The summed E-state index contributed by atoms with van der Waals surface area (Å²) in [5.74, 6) is 0. The van der Waals surface area contributed by atoms with Gasteiger partial charge in [-0.3, -0.25) is 0 Å². The van der Waals surface area contributed by atoms with Crippen molar-refractivity contribution < 1.29 is 9.47 Å². The average Bonchev–Trinajstić information content (AvgIpc) is 3.02. The van der Waals surface area contributed by atoms with Crippen molar-refractivity contribution in [2.24, 2.45) is 0 Å². The normalized spacial score (nSPS) is 24.5. The largest absolute Gasteiger partial charge is 0.374 e. The Bertz CT molecular complexity index is 567. The second kappa shape index (κ2) is 7.08. The van der Waals surface area contributed by atoms with Crippen LogP contribution in [0.3, 0.4) is 0 Å². The third-order valence-electron chi connectivity index (χ3n) is 4.55. The van der Waals surface area contributed by atoms with Crippen LogP contribution in [0, 0.1) is 0 Å². The first-order chi connectivity index (χ1) is 10.8. The van der Waals surface area contributed by atoms with Gasteiger partial charge in [0.25, 0.3) is 0 Å². The first-order valence-corrected chi connectivity index (χ1v) is 8.16. The average molecular weight is 296 g/mol. The molecule has 1 heterocycles. The van der Waals surface area contributed by atoms with Crippen LogP contribution < -0.4 is 0 Å². The summed E-state index contributed by atoms with van der Waals surface area (Å²) >= 11 is 0.